The van der Waals surface area contributed by atoms with Crippen molar-refractivity contribution in [2.75, 3.05) is 24.7 Å². The van der Waals surface area contributed by atoms with E-state index in [0.29, 0.717) is 35.9 Å². The van der Waals surface area contributed by atoms with Crippen molar-refractivity contribution in [3.8, 4) is 44.8 Å². The van der Waals surface area contributed by atoms with Crippen molar-refractivity contribution in [1.82, 2.24) is 30.2 Å². The van der Waals surface area contributed by atoms with Crippen LogP contribution in [0.5, 0.6) is 0 Å². The summed E-state index contributed by atoms with van der Waals surface area (Å²) in [5.41, 5.74) is 21.9. The number of halogens is 1. The van der Waals surface area contributed by atoms with E-state index >= 15 is 0 Å². The first-order valence-electron chi connectivity index (χ1n) is 26.9. The third kappa shape index (κ3) is 11.3. The van der Waals surface area contributed by atoms with Gasteiger partial charge in [0, 0.05) is 105 Å². The van der Waals surface area contributed by atoms with Gasteiger partial charge in [0.1, 0.15) is 17.6 Å². The Kier molecular flexibility index (Phi) is 15.0. The van der Waals surface area contributed by atoms with E-state index in [0.717, 1.165) is 108 Å². The second kappa shape index (κ2) is 21.8. The van der Waals surface area contributed by atoms with E-state index < -0.39 is 17.2 Å². The summed E-state index contributed by atoms with van der Waals surface area (Å²) < 4.78 is 14.0. The number of hydrogen-bond donors (Lipinski definition) is 4. The van der Waals surface area contributed by atoms with Crippen LogP contribution in [0.1, 0.15) is 120 Å². The molecule has 4 fully saturated rings. The predicted octanol–water partition coefficient (Wildman–Crippen LogP) is 10.3. The van der Waals surface area contributed by atoms with E-state index in [9.17, 15) is 23.6 Å². The summed E-state index contributed by atoms with van der Waals surface area (Å²) in [6, 6.07) is 38.5. The Bertz CT molecular complexity index is 3100. The molecule has 0 saturated heterocycles. The molecule has 6 aromatic rings. The summed E-state index contributed by atoms with van der Waals surface area (Å²) in [7, 11) is 3.70. The summed E-state index contributed by atoms with van der Waals surface area (Å²) in [6.07, 6.45) is 8.17. The fourth-order valence-corrected chi connectivity index (χ4v) is 12.1. The van der Waals surface area contributed by atoms with Gasteiger partial charge in [0.25, 0.3) is 0 Å². The molecule has 0 radical (unpaired) electrons. The van der Waals surface area contributed by atoms with Gasteiger partial charge in [0.15, 0.2) is 11.6 Å². The van der Waals surface area contributed by atoms with Gasteiger partial charge in [0.05, 0.1) is 0 Å². The predicted molar refractivity (Wildman–Crippen MR) is 294 cm³/mol. The van der Waals surface area contributed by atoms with Crippen LogP contribution >= 0.6 is 0 Å². The van der Waals surface area contributed by atoms with Crippen LogP contribution in [0.2, 0.25) is 0 Å². The molecule has 6 N–H and O–H groups in total. The van der Waals surface area contributed by atoms with E-state index in [1.807, 2.05) is 115 Å². The topological polar surface area (TPSA) is 202 Å². The maximum atomic E-state index is 14.0. The molecule has 15 heteroatoms. The minimum atomic E-state index is -0.899. The molecule has 76 heavy (non-hydrogen) atoms. The monoisotopic (exact) mass is 1020 g/mol. The minimum Gasteiger partial charge on any atom is -0.343 e. The molecular formula is C61H69FN10O4. The number of anilines is 2. The standard InChI is InChI=1S/C61H69FN10O4/c1-37(73)71(3)49-25-13-39(14-26-49)29-56(75)65-54-32-51(41-9-6-5-7-10-41)58(69-67-54)43-19-23-47(24-20-43)61(64)36-53(61)45-12-8-11-44(31-45)52-33-55(66-57(76)30-40-15-27-50(28-16-40)72(4)38(2)74)68-70-59(52)42-17-21-46(22-18-42)60(63)34-48(62)35-60/h5-12,17-24,31-33,39-40,48-50,53H,13-16,25-30,34-36,63-64H2,1-4H3,(H,65,67,75)(H,66,68,76)/t39?,40?,48-,49?,50?,53?,60-,61?. The summed E-state index contributed by atoms with van der Waals surface area (Å²) >= 11 is 0. The second-order valence-corrected chi connectivity index (χ2v) is 22.2. The van der Waals surface area contributed by atoms with Crippen molar-refractivity contribution in [3.63, 3.8) is 0 Å². The lowest BCUT2D eigenvalue weighted by molar-refractivity contribution is -0.131. The zero-order valence-corrected chi connectivity index (χ0v) is 44.0. The van der Waals surface area contributed by atoms with Gasteiger partial charge in [0.2, 0.25) is 23.6 Å². The number of nitrogens with zero attached hydrogens (tertiary/aromatic N) is 6. The Morgan fingerprint density at radius 2 is 1.01 bits per heavy atom. The highest BCUT2D eigenvalue weighted by molar-refractivity contribution is 5.93. The molecule has 10 rings (SSSR count). The molecule has 2 aromatic heterocycles. The van der Waals surface area contributed by atoms with Gasteiger partial charge in [-0.05, 0) is 110 Å². The number of carbonyl (C=O) groups is 4. The number of carbonyl (C=O) groups excluding carboxylic acids is 4. The molecule has 4 aliphatic rings. The van der Waals surface area contributed by atoms with Crippen LogP contribution in [0, 0.1) is 11.8 Å². The maximum Gasteiger partial charge on any atom is 0.225 e. The van der Waals surface area contributed by atoms with Gasteiger partial charge in [-0.15, -0.1) is 20.4 Å². The first kappa shape index (κ1) is 52.2. The SMILES string of the molecule is CC(=O)N(C)C1CCC(CC(=O)Nc2cc(-c3ccccc3)c(-c3ccc(C4(N)CC4c4cccc(-c5cc(NC(=O)CC6CCC(N(C)C(C)=O)CC6)nnc5-c5ccc([C@]6(N)C[C@H](F)C6)cc5)c4)cc3)nn2)CC1. The van der Waals surface area contributed by atoms with Crippen LogP contribution in [0.15, 0.2) is 115 Å². The Morgan fingerprint density at radius 1 is 0.553 bits per heavy atom. The minimum absolute atomic E-state index is 0.0161. The van der Waals surface area contributed by atoms with Gasteiger partial charge in [-0.3, -0.25) is 19.2 Å². The zero-order chi connectivity index (χ0) is 53.3. The molecule has 0 spiro atoms. The first-order valence-corrected chi connectivity index (χ1v) is 26.9. The van der Waals surface area contributed by atoms with Crippen LogP contribution < -0.4 is 22.1 Å². The molecule has 4 aliphatic carbocycles. The lowest BCUT2D eigenvalue weighted by atomic mass is 9.71. The number of hydrogen-bond acceptors (Lipinski definition) is 10. The highest BCUT2D eigenvalue weighted by Crippen LogP contribution is 2.57. The average Bonchev–Trinajstić information content (AvgIpc) is 4.20. The van der Waals surface area contributed by atoms with E-state index in [1.165, 1.54) is 0 Å². The van der Waals surface area contributed by atoms with E-state index in [2.05, 4.69) is 45.1 Å². The molecule has 14 nitrogen and oxygen atoms in total. The highest BCUT2D eigenvalue weighted by atomic mass is 19.1. The normalized spacial score (nSPS) is 24.9. The zero-order valence-electron chi connectivity index (χ0n) is 44.0. The van der Waals surface area contributed by atoms with E-state index in [4.69, 9.17) is 21.7 Å². The number of nitrogens with two attached hydrogens (primary N) is 2. The molecule has 4 aromatic carbocycles. The molecule has 2 unspecified atom stereocenters. The van der Waals surface area contributed by atoms with Gasteiger partial charge in [-0.2, -0.15) is 0 Å². The Labute approximate surface area is 444 Å². The largest absolute Gasteiger partial charge is 0.343 e. The first-order chi connectivity index (χ1) is 36.5. The summed E-state index contributed by atoms with van der Waals surface area (Å²) in [5.74, 6) is 1.11. The second-order valence-electron chi connectivity index (χ2n) is 22.2. The fourth-order valence-electron chi connectivity index (χ4n) is 12.1. The number of aromatic nitrogens is 4. The molecule has 0 aliphatic heterocycles. The average molecular weight is 1030 g/mol. The number of nitrogens with one attached hydrogen (secondary N) is 2. The van der Waals surface area contributed by atoms with Crippen LogP contribution in [-0.4, -0.2) is 86.2 Å². The molecule has 394 valence electrons. The molecule has 4 amide bonds. The van der Waals surface area contributed by atoms with E-state index in [1.54, 1.807) is 13.8 Å². The van der Waals surface area contributed by atoms with Crippen LogP contribution in [0.4, 0.5) is 16.0 Å². The number of alkyl halides is 1. The van der Waals surface area contributed by atoms with Crippen molar-refractivity contribution in [2.45, 2.75) is 133 Å². The molecule has 2 heterocycles. The summed E-state index contributed by atoms with van der Waals surface area (Å²) in [4.78, 5) is 54.4. The van der Waals surface area contributed by atoms with E-state index in [-0.39, 0.29) is 66.3 Å². The van der Waals surface area contributed by atoms with Crippen LogP contribution in [0.3, 0.4) is 0 Å². The van der Waals surface area contributed by atoms with Crippen LogP contribution in [-0.2, 0) is 30.3 Å². The highest BCUT2D eigenvalue weighted by Gasteiger charge is 2.53. The summed E-state index contributed by atoms with van der Waals surface area (Å²) in [6.45, 7) is 3.19. The summed E-state index contributed by atoms with van der Waals surface area (Å²) in [5, 5.41) is 24.5. The van der Waals surface area contributed by atoms with Crippen molar-refractivity contribution in [1.29, 1.82) is 0 Å². The third-order valence-electron chi connectivity index (χ3n) is 17.1. The fraction of sp³-hybridized carbons (Fsp3) is 0.410. The quantitative estimate of drug-likeness (QED) is 0.0767. The molecule has 2 atom stereocenters. The smallest absolute Gasteiger partial charge is 0.225 e. The van der Waals surface area contributed by atoms with Crippen molar-refractivity contribution >= 4 is 35.3 Å². The number of benzene rings is 4. The van der Waals surface area contributed by atoms with Crippen molar-refractivity contribution in [3.05, 3.63) is 132 Å². The van der Waals surface area contributed by atoms with Crippen LogP contribution in [0.25, 0.3) is 44.8 Å². The lowest BCUT2D eigenvalue weighted by Crippen LogP contribution is -2.50. The van der Waals surface area contributed by atoms with Gasteiger partial charge < -0.3 is 31.9 Å². The molecular weight excluding hydrogens is 956 g/mol. The van der Waals surface area contributed by atoms with Crippen molar-refractivity contribution < 1.29 is 23.6 Å². The molecule has 4 saturated carbocycles. The number of rotatable bonds is 15. The van der Waals surface area contributed by atoms with Gasteiger partial charge in [-0.25, -0.2) is 4.39 Å². The molecule has 0 bridgehead atoms. The third-order valence-corrected chi connectivity index (χ3v) is 17.1. The van der Waals surface area contributed by atoms with Crippen molar-refractivity contribution in [2.24, 2.45) is 23.3 Å². The number of amides is 4. The lowest BCUT2D eigenvalue weighted by Gasteiger charge is -2.41. The Balaban J connectivity index is 0.857. The van der Waals surface area contributed by atoms with Gasteiger partial charge >= 0.3 is 0 Å². The maximum absolute atomic E-state index is 14.0. The Hall–Kier alpha value is -7.23. The van der Waals surface area contributed by atoms with Gasteiger partial charge in [-0.1, -0.05) is 103 Å². The Morgan fingerprint density at radius 3 is 1.49 bits per heavy atom.